The van der Waals surface area contributed by atoms with E-state index in [2.05, 4.69) is 5.32 Å². The number of ether oxygens (including phenoxy) is 1. The predicted molar refractivity (Wildman–Crippen MR) is 110 cm³/mol. The third-order valence-corrected chi connectivity index (χ3v) is 4.64. The van der Waals surface area contributed by atoms with Crippen LogP contribution in [0.15, 0.2) is 57.7 Å². The van der Waals surface area contributed by atoms with E-state index in [1.165, 1.54) is 6.07 Å². The van der Waals surface area contributed by atoms with E-state index >= 15 is 0 Å². The number of amides is 1. The minimum atomic E-state index is -0.767. The lowest BCUT2D eigenvalue weighted by Crippen LogP contribution is -2.33. The van der Waals surface area contributed by atoms with E-state index in [1.807, 2.05) is 31.2 Å². The molecular weight excluding hydrogens is 394 g/mol. The fraction of sp³-hybridized carbons (Fsp3) is 0.227. The van der Waals surface area contributed by atoms with Crippen LogP contribution in [-0.4, -0.2) is 18.5 Å². The Morgan fingerprint density at radius 3 is 2.55 bits per heavy atom. The van der Waals surface area contributed by atoms with Crippen molar-refractivity contribution in [3.63, 3.8) is 0 Å². The van der Waals surface area contributed by atoms with Crippen molar-refractivity contribution < 1.29 is 18.7 Å². The van der Waals surface area contributed by atoms with Gasteiger partial charge in [0.1, 0.15) is 11.1 Å². The molecule has 3 aromatic rings. The molecule has 0 bridgehead atoms. The molecule has 0 aliphatic heterocycles. The summed E-state index contributed by atoms with van der Waals surface area (Å²) in [4.78, 5) is 37.1. The van der Waals surface area contributed by atoms with Crippen LogP contribution in [-0.2, 0) is 9.53 Å². The number of aryl methyl sites for hydroxylation is 1. The molecule has 1 atom stereocenters. The summed E-state index contributed by atoms with van der Waals surface area (Å²) in [6.45, 7) is 3.89. The van der Waals surface area contributed by atoms with Gasteiger partial charge in [0.05, 0.1) is 19.1 Å². The van der Waals surface area contributed by atoms with Crippen LogP contribution in [0.1, 0.15) is 40.9 Å². The first-order valence-corrected chi connectivity index (χ1v) is 9.51. The second kappa shape index (κ2) is 8.92. The lowest BCUT2D eigenvalue weighted by molar-refractivity contribution is -0.143. The zero-order chi connectivity index (χ0) is 21.0. The molecule has 0 unspecified atom stereocenters. The molecule has 29 heavy (non-hydrogen) atoms. The number of halogens is 1. The minimum Gasteiger partial charge on any atom is -0.466 e. The van der Waals surface area contributed by atoms with Crippen LogP contribution in [0.25, 0.3) is 11.0 Å². The molecule has 0 aliphatic rings. The van der Waals surface area contributed by atoms with Crippen molar-refractivity contribution in [3.05, 3.63) is 80.7 Å². The van der Waals surface area contributed by atoms with Crippen molar-refractivity contribution in [2.45, 2.75) is 26.3 Å². The van der Waals surface area contributed by atoms with Gasteiger partial charge in [0.2, 0.25) is 0 Å². The van der Waals surface area contributed by atoms with Gasteiger partial charge in [-0.25, -0.2) is 4.79 Å². The van der Waals surface area contributed by atoms with Gasteiger partial charge in [-0.1, -0.05) is 41.4 Å². The van der Waals surface area contributed by atoms with Crippen molar-refractivity contribution in [3.8, 4) is 0 Å². The summed E-state index contributed by atoms with van der Waals surface area (Å²) in [7, 11) is 0. The van der Waals surface area contributed by atoms with E-state index in [0.717, 1.165) is 11.1 Å². The number of hydrogen-bond acceptors (Lipinski definition) is 5. The van der Waals surface area contributed by atoms with Crippen molar-refractivity contribution >= 4 is 34.4 Å². The lowest BCUT2D eigenvalue weighted by atomic mass is 10.0. The van der Waals surface area contributed by atoms with Gasteiger partial charge in [-0.3, -0.25) is 9.59 Å². The van der Waals surface area contributed by atoms with Crippen LogP contribution >= 0.6 is 11.6 Å². The Balaban J connectivity index is 1.92. The van der Waals surface area contributed by atoms with Gasteiger partial charge in [-0.2, -0.15) is 0 Å². The summed E-state index contributed by atoms with van der Waals surface area (Å²) in [5, 5.41) is 3.73. The summed E-state index contributed by atoms with van der Waals surface area (Å²) in [5.41, 5.74) is 1.17. The Kier molecular flexibility index (Phi) is 6.34. The maximum absolute atomic E-state index is 12.8. The highest BCUT2D eigenvalue weighted by Crippen LogP contribution is 2.21. The summed E-state index contributed by atoms with van der Waals surface area (Å²) >= 11 is 5.98. The quantitative estimate of drug-likeness (QED) is 0.484. The van der Waals surface area contributed by atoms with Crippen molar-refractivity contribution in [2.75, 3.05) is 6.61 Å². The van der Waals surface area contributed by atoms with Gasteiger partial charge in [-0.15, -0.1) is 0 Å². The number of hydrogen-bond donors (Lipinski definition) is 1. The molecule has 0 saturated heterocycles. The Hall–Kier alpha value is -3.12. The fourth-order valence-electron chi connectivity index (χ4n) is 2.93. The van der Waals surface area contributed by atoms with E-state index in [-0.39, 0.29) is 18.6 Å². The van der Waals surface area contributed by atoms with Gasteiger partial charge in [0.15, 0.2) is 0 Å². The Morgan fingerprint density at radius 1 is 1.14 bits per heavy atom. The highest BCUT2D eigenvalue weighted by Gasteiger charge is 2.22. The summed E-state index contributed by atoms with van der Waals surface area (Å²) < 4.78 is 10.2. The van der Waals surface area contributed by atoms with Crippen LogP contribution in [0.5, 0.6) is 0 Å². The number of carbonyl (C=O) groups is 2. The molecule has 1 N–H and O–H groups in total. The molecule has 1 aromatic heterocycles. The molecule has 0 fully saturated rings. The van der Waals surface area contributed by atoms with Crippen molar-refractivity contribution in [2.24, 2.45) is 0 Å². The van der Waals surface area contributed by atoms with Gasteiger partial charge >= 0.3 is 11.6 Å². The molecule has 7 heteroatoms. The van der Waals surface area contributed by atoms with E-state index in [4.69, 9.17) is 20.8 Å². The van der Waals surface area contributed by atoms with Crippen LogP contribution < -0.4 is 10.9 Å². The Morgan fingerprint density at radius 2 is 1.86 bits per heavy atom. The zero-order valence-corrected chi connectivity index (χ0v) is 16.8. The molecule has 2 aromatic carbocycles. The Bertz CT molecular complexity index is 1100. The van der Waals surface area contributed by atoms with Crippen LogP contribution in [0.3, 0.4) is 0 Å². The average Bonchev–Trinajstić information content (AvgIpc) is 2.68. The summed E-state index contributed by atoms with van der Waals surface area (Å²) in [6.07, 6.45) is -0.0621. The highest BCUT2D eigenvalue weighted by atomic mass is 35.5. The first kappa shape index (κ1) is 20.6. The van der Waals surface area contributed by atoms with Gasteiger partial charge in [-0.05, 0) is 43.7 Å². The van der Waals surface area contributed by atoms with Crippen LogP contribution in [0.4, 0.5) is 0 Å². The Labute approximate surface area is 172 Å². The number of nitrogens with one attached hydrogen (secondary N) is 1. The second-order valence-corrected chi connectivity index (χ2v) is 7.01. The normalized spacial score (nSPS) is 11.8. The van der Waals surface area contributed by atoms with Gasteiger partial charge < -0.3 is 14.5 Å². The number of fused-ring (bicyclic) bond motifs is 1. The first-order chi connectivity index (χ1) is 13.9. The number of carbonyl (C=O) groups excluding carboxylic acids is 2. The van der Waals surface area contributed by atoms with Crippen molar-refractivity contribution in [1.82, 2.24) is 5.32 Å². The third kappa shape index (κ3) is 5.03. The van der Waals surface area contributed by atoms with E-state index in [0.29, 0.717) is 16.0 Å². The standard InChI is InChI=1S/C22H20ClNO5/c1-3-28-20(25)12-18(14-6-4-13(2)5-7-14)24-21(26)17-11-15-10-16(23)8-9-19(15)29-22(17)27/h4-11,18H,3,12H2,1-2H3,(H,24,26)/t18-/m1/s1. The molecule has 0 radical (unpaired) electrons. The largest absolute Gasteiger partial charge is 0.466 e. The van der Waals surface area contributed by atoms with Crippen LogP contribution in [0, 0.1) is 6.92 Å². The molecule has 0 aliphatic carbocycles. The predicted octanol–water partition coefficient (Wildman–Crippen LogP) is 4.18. The molecule has 150 valence electrons. The van der Waals surface area contributed by atoms with Crippen molar-refractivity contribution in [1.29, 1.82) is 0 Å². The molecular formula is C22H20ClNO5. The SMILES string of the molecule is CCOC(=O)C[C@@H](NC(=O)c1cc2cc(Cl)ccc2oc1=O)c1ccc(C)cc1. The third-order valence-electron chi connectivity index (χ3n) is 4.40. The maximum Gasteiger partial charge on any atom is 0.349 e. The monoisotopic (exact) mass is 413 g/mol. The van der Waals surface area contributed by atoms with Crippen LogP contribution in [0.2, 0.25) is 5.02 Å². The molecule has 3 rings (SSSR count). The van der Waals surface area contributed by atoms with Gasteiger partial charge in [0, 0.05) is 10.4 Å². The number of benzene rings is 2. The molecule has 6 nitrogen and oxygen atoms in total. The molecule has 1 amide bonds. The average molecular weight is 414 g/mol. The topological polar surface area (TPSA) is 85.6 Å². The van der Waals surface area contributed by atoms with Gasteiger partial charge in [0.25, 0.3) is 5.91 Å². The molecule has 0 saturated carbocycles. The number of rotatable bonds is 6. The first-order valence-electron chi connectivity index (χ1n) is 9.14. The maximum atomic E-state index is 12.8. The van der Waals surface area contributed by atoms with E-state index < -0.39 is 23.5 Å². The summed E-state index contributed by atoms with van der Waals surface area (Å²) in [5.74, 6) is -1.09. The smallest absolute Gasteiger partial charge is 0.349 e. The fourth-order valence-corrected chi connectivity index (χ4v) is 3.11. The highest BCUT2D eigenvalue weighted by molar-refractivity contribution is 6.31. The number of esters is 1. The molecule has 1 heterocycles. The van der Waals surface area contributed by atoms with E-state index in [1.54, 1.807) is 25.1 Å². The molecule has 0 spiro atoms. The zero-order valence-electron chi connectivity index (χ0n) is 16.0. The minimum absolute atomic E-state index is 0.0621. The van der Waals surface area contributed by atoms with E-state index in [9.17, 15) is 14.4 Å². The summed E-state index contributed by atoms with van der Waals surface area (Å²) in [6, 6.07) is 12.9. The lowest BCUT2D eigenvalue weighted by Gasteiger charge is -2.18. The second-order valence-electron chi connectivity index (χ2n) is 6.58.